The Morgan fingerprint density at radius 3 is 2.69 bits per heavy atom. The number of hydrogen-bond acceptors (Lipinski definition) is 2. The van der Waals surface area contributed by atoms with Crippen molar-refractivity contribution in [2.45, 2.75) is 40.3 Å². The average Bonchev–Trinajstić information content (AvgIpc) is 2.23. The molecule has 0 bridgehead atoms. The van der Waals surface area contributed by atoms with Gasteiger partial charge in [0.2, 0.25) is 0 Å². The summed E-state index contributed by atoms with van der Waals surface area (Å²) in [6.07, 6.45) is 0.322. The van der Waals surface area contributed by atoms with Crippen molar-refractivity contribution in [3.05, 3.63) is 34.9 Å². The second-order valence-electron chi connectivity index (χ2n) is 4.46. The molecule has 0 atom stereocenters. The van der Waals surface area contributed by atoms with E-state index in [-0.39, 0.29) is 0 Å². The number of benzene rings is 1. The van der Waals surface area contributed by atoms with Gasteiger partial charge in [0, 0.05) is 13.1 Å². The summed E-state index contributed by atoms with van der Waals surface area (Å²) >= 11 is 0. The number of rotatable bonds is 6. The Morgan fingerprint density at radius 1 is 1.25 bits per heavy atom. The Kier molecular flexibility index (Phi) is 5.50. The summed E-state index contributed by atoms with van der Waals surface area (Å²) in [5.74, 6) is 0. The number of hydrogen-bond donors (Lipinski definition) is 1. The van der Waals surface area contributed by atoms with Gasteiger partial charge < -0.3 is 10.1 Å². The van der Waals surface area contributed by atoms with E-state index in [1.807, 2.05) is 0 Å². The molecule has 0 spiro atoms. The van der Waals surface area contributed by atoms with Gasteiger partial charge in [-0.05, 0) is 44.4 Å². The van der Waals surface area contributed by atoms with Crippen LogP contribution in [0.25, 0.3) is 0 Å². The lowest BCUT2D eigenvalue weighted by molar-refractivity contribution is 0.0807. The lowest BCUT2D eigenvalue weighted by atomic mass is 10.0. The molecule has 0 radical (unpaired) electrons. The summed E-state index contributed by atoms with van der Waals surface area (Å²) < 4.78 is 5.47. The first-order chi connectivity index (χ1) is 7.61. The number of nitrogens with one attached hydrogen (secondary N) is 1. The Balaban J connectivity index is 2.29. The Morgan fingerprint density at radius 2 is 2.00 bits per heavy atom. The normalized spacial score (nSPS) is 11.1. The molecular formula is C14H23NO. The van der Waals surface area contributed by atoms with Crippen LogP contribution in [0.1, 0.15) is 30.5 Å². The van der Waals surface area contributed by atoms with Crippen molar-refractivity contribution in [3.63, 3.8) is 0 Å². The second-order valence-corrected chi connectivity index (χ2v) is 4.46. The first-order valence-electron chi connectivity index (χ1n) is 5.98. The van der Waals surface area contributed by atoms with Gasteiger partial charge in [0.15, 0.2) is 0 Å². The zero-order valence-electron chi connectivity index (χ0n) is 10.8. The molecule has 90 valence electrons. The third-order valence-corrected chi connectivity index (χ3v) is 2.76. The third kappa shape index (κ3) is 4.33. The summed E-state index contributed by atoms with van der Waals surface area (Å²) in [5, 5.41) is 3.40. The van der Waals surface area contributed by atoms with Gasteiger partial charge in [-0.2, -0.15) is 0 Å². The van der Waals surface area contributed by atoms with Gasteiger partial charge in [0.05, 0.1) is 12.7 Å². The van der Waals surface area contributed by atoms with Crippen LogP contribution in [0.15, 0.2) is 18.2 Å². The molecule has 0 unspecified atom stereocenters. The van der Waals surface area contributed by atoms with Crippen molar-refractivity contribution in [2.24, 2.45) is 0 Å². The highest BCUT2D eigenvalue weighted by atomic mass is 16.5. The van der Waals surface area contributed by atoms with Gasteiger partial charge in [-0.15, -0.1) is 0 Å². The molecule has 1 N–H and O–H groups in total. The van der Waals surface area contributed by atoms with E-state index in [2.05, 4.69) is 51.2 Å². The zero-order chi connectivity index (χ0) is 12.0. The van der Waals surface area contributed by atoms with E-state index in [9.17, 15) is 0 Å². The van der Waals surface area contributed by atoms with Crippen molar-refractivity contribution in [3.8, 4) is 0 Å². The summed E-state index contributed by atoms with van der Waals surface area (Å²) in [6, 6.07) is 6.45. The molecule has 2 nitrogen and oxygen atoms in total. The lowest BCUT2D eigenvalue weighted by Crippen LogP contribution is -2.21. The number of ether oxygens (including phenoxy) is 1. The molecule has 1 aromatic rings. The van der Waals surface area contributed by atoms with Gasteiger partial charge in [-0.1, -0.05) is 18.2 Å². The molecule has 1 aromatic carbocycles. The van der Waals surface area contributed by atoms with Crippen molar-refractivity contribution < 1.29 is 4.74 Å². The van der Waals surface area contributed by atoms with Gasteiger partial charge in [0.1, 0.15) is 0 Å². The minimum absolute atomic E-state index is 0.322. The van der Waals surface area contributed by atoms with Crippen molar-refractivity contribution in [2.75, 3.05) is 13.2 Å². The largest absolute Gasteiger partial charge is 0.377 e. The maximum atomic E-state index is 5.47. The van der Waals surface area contributed by atoms with Crippen LogP contribution >= 0.6 is 0 Å². The average molecular weight is 221 g/mol. The van der Waals surface area contributed by atoms with Crippen LogP contribution in [-0.4, -0.2) is 19.3 Å². The van der Waals surface area contributed by atoms with Gasteiger partial charge in [-0.3, -0.25) is 0 Å². The zero-order valence-corrected chi connectivity index (χ0v) is 10.8. The van der Waals surface area contributed by atoms with Crippen molar-refractivity contribution in [1.82, 2.24) is 5.32 Å². The Bertz CT molecular complexity index is 321. The molecule has 0 saturated carbocycles. The van der Waals surface area contributed by atoms with E-state index in [4.69, 9.17) is 4.74 Å². The highest BCUT2D eigenvalue weighted by Crippen LogP contribution is 2.11. The highest BCUT2D eigenvalue weighted by Gasteiger charge is 1.99. The van der Waals surface area contributed by atoms with E-state index in [1.165, 1.54) is 16.7 Å². The minimum Gasteiger partial charge on any atom is -0.377 e. The molecule has 0 aromatic heterocycles. The standard InChI is InChI=1S/C14H23NO/c1-11(2)16-9-8-15-10-14-7-5-6-12(3)13(14)4/h5-7,11,15H,8-10H2,1-4H3. The molecule has 0 aliphatic rings. The maximum Gasteiger partial charge on any atom is 0.0594 e. The fourth-order valence-corrected chi connectivity index (χ4v) is 1.59. The number of aryl methyl sites for hydroxylation is 1. The fraction of sp³-hybridized carbons (Fsp3) is 0.571. The smallest absolute Gasteiger partial charge is 0.0594 e. The predicted octanol–water partition coefficient (Wildman–Crippen LogP) is 2.82. The first-order valence-corrected chi connectivity index (χ1v) is 5.98. The van der Waals surface area contributed by atoms with Gasteiger partial charge >= 0.3 is 0 Å². The van der Waals surface area contributed by atoms with Crippen LogP contribution in [0.5, 0.6) is 0 Å². The molecule has 2 heteroatoms. The molecule has 16 heavy (non-hydrogen) atoms. The third-order valence-electron chi connectivity index (χ3n) is 2.76. The summed E-state index contributed by atoms with van der Waals surface area (Å²) in [6.45, 7) is 11.1. The molecular weight excluding hydrogens is 198 g/mol. The lowest BCUT2D eigenvalue weighted by Gasteiger charge is -2.11. The van der Waals surface area contributed by atoms with Crippen LogP contribution < -0.4 is 5.32 Å². The van der Waals surface area contributed by atoms with Crippen LogP contribution in [0, 0.1) is 13.8 Å². The summed E-state index contributed by atoms with van der Waals surface area (Å²) in [4.78, 5) is 0. The minimum atomic E-state index is 0.322. The van der Waals surface area contributed by atoms with Crippen LogP contribution in [-0.2, 0) is 11.3 Å². The van der Waals surface area contributed by atoms with Crippen molar-refractivity contribution >= 4 is 0 Å². The van der Waals surface area contributed by atoms with Crippen LogP contribution in [0.3, 0.4) is 0 Å². The maximum absolute atomic E-state index is 5.47. The molecule has 0 amide bonds. The summed E-state index contributed by atoms with van der Waals surface area (Å²) in [5.41, 5.74) is 4.13. The topological polar surface area (TPSA) is 21.3 Å². The van der Waals surface area contributed by atoms with Gasteiger partial charge in [0.25, 0.3) is 0 Å². The molecule has 0 fully saturated rings. The highest BCUT2D eigenvalue weighted by molar-refractivity contribution is 5.32. The SMILES string of the molecule is Cc1cccc(CNCCOC(C)C)c1C. The molecule has 0 aliphatic heterocycles. The van der Waals surface area contributed by atoms with Gasteiger partial charge in [-0.25, -0.2) is 0 Å². The predicted molar refractivity (Wildman–Crippen MR) is 68.7 cm³/mol. The van der Waals surface area contributed by atoms with E-state index in [0.717, 1.165) is 19.7 Å². The van der Waals surface area contributed by atoms with Crippen LogP contribution in [0.4, 0.5) is 0 Å². The molecule has 0 saturated heterocycles. The molecule has 0 aliphatic carbocycles. The Hall–Kier alpha value is -0.860. The van der Waals surface area contributed by atoms with E-state index < -0.39 is 0 Å². The monoisotopic (exact) mass is 221 g/mol. The molecule has 0 heterocycles. The Labute approximate surface area is 99.0 Å². The summed E-state index contributed by atoms with van der Waals surface area (Å²) in [7, 11) is 0. The van der Waals surface area contributed by atoms with E-state index in [1.54, 1.807) is 0 Å². The fourth-order valence-electron chi connectivity index (χ4n) is 1.59. The quantitative estimate of drug-likeness (QED) is 0.746. The van der Waals surface area contributed by atoms with E-state index in [0.29, 0.717) is 6.10 Å². The molecule has 1 rings (SSSR count). The first kappa shape index (κ1) is 13.2. The van der Waals surface area contributed by atoms with Crippen molar-refractivity contribution in [1.29, 1.82) is 0 Å². The second kappa shape index (κ2) is 6.66. The van der Waals surface area contributed by atoms with E-state index >= 15 is 0 Å². The van der Waals surface area contributed by atoms with Crippen LogP contribution in [0.2, 0.25) is 0 Å².